The lowest BCUT2D eigenvalue weighted by molar-refractivity contribution is -0.121. The molecule has 0 rings (SSSR count). The molecule has 3 N–H and O–H groups in total. The molecule has 0 aromatic carbocycles. The molecule has 0 spiro atoms. The highest BCUT2D eigenvalue weighted by atomic mass is 32.1. The van der Waals surface area contributed by atoms with Gasteiger partial charge in [-0.05, 0) is 13.3 Å². The number of thiocarbonyl (C=S) groups is 1. The molecular weight excluding hydrogens is 232 g/mol. The van der Waals surface area contributed by atoms with E-state index in [0.29, 0.717) is 17.8 Å². The fourth-order valence-electron chi connectivity index (χ4n) is 1.77. The van der Waals surface area contributed by atoms with Crippen LogP contribution in [-0.4, -0.2) is 16.9 Å². The molecule has 1 unspecified atom stereocenters. The zero-order valence-corrected chi connectivity index (χ0v) is 11.9. The van der Waals surface area contributed by atoms with Crippen LogP contribution >= 0.6 is 12.2 Å². The van der Waals surface area contributed by atoms with Crippen LogP contribution in [0.1, 0.15) is 65.2 Å². The van der Waals surface area contributed by atoms with E-state index in [4.69, 9.17) is 18.0 Å². The Morgan fingerprint density at radius 1 is 1.24 bits per heavy atom. The number of hydrogen-bond acceptors (Lipinski definition) is 2. The number of carbonyl (C=O) groups is 1. The van der Waals surface area contributed by atoms with Crippen LogP contribution in [-0.2, 0) is 4.79 Å². The monoisotopic (exact) mass is 258 g/mol. The molecule has 0 saturated heterocycles. The molecule has 0 aromatic heterocycles. The van der Waals surface area contributed by atoms with Crippen molar-refractivity contribution in [1.82, 2.24) is 5.32 Å². The quantitative estimate of drug-likeness (QED) is 0.468. The summed E-state index contributed by atoms with van der Waals surface area (Å²) in [6.45, 7) is 4.13. The number of nitrogens with one attached hydrogen (secondary N) is 1. The summed E-state index contributed by atoms with van der Waals surface area (Å²) in [5, 5.41) is 2.91. The van der Waals surface area contributed by atoms with Crippen LogP contribution in [0.3, 0.4) is 0 Å². The maximum Gasteiger partial charge on any atom is 0.220 e. The molecule has 0 heterocycles. The van der Waals surface area contributed by atoms with E-state index >= 15 is 0 Å². The van der Waals surface area contributed by atoms with E-state index in [1.165, 1.54) is 25.7 Å². The molecule has 0 aromatic rings. The van der Waals surface area contributed by atoms with Gasteiger partial charge in [0, 0.05) is 18.9 Å². The highest BCUT2D eigenvalue weighted by Crippen LogP contribution is 2.06. The van der Waals surface area contributed by atoms with Crippen molar-refractivity contribution >= 4 is 23.1 Å². The van der Waals surface area contributed by atoms with Crippen LogP contribution in [0.5, 0.6) is 0 Å². The van der Waals surface area contributed by atoms with E-state index in [0.717, 1.165) is 12.8 Å². The van der Waals surface area contributed by atoms with Crippen molar-refractivity contribution in [2.75, 3.05) is 0 Å². The van der Waals surface area contributed by atoms with E-state index in [-0.39, 0.29) is 11.9 Å². The van der Waals surface area contributed by atoms with Crippen molar-refractivity contribution in [3.8, 4) is 0 Å². The van der Waals surface area contributed by atoms with Gasteiger partial charge in [0.15, 0.2) is 0 Å². The standard InChI is InChI=1S/C13H26N2OS/c1-3-4-5-6-7-8-9-13(16)15-11(2)10-12(14)17/h11H,3-10H2,1-2H3,(H2,14,17)(H,15,16). The number of unbranched alkanes of at least 4 members (excludes halogenated alkanes) is 5. The van der Waals surface area contributed by atoms with Crippen molar-refractivity contribution < 1.29 is 4.79 Å². The van der Waals surface area contributed by atoms with E-state index in [9.17, 15) is 4.79 Å². The van der Waals surface area contributed by atoms with Crippen LogP contribution in [0.25, 0.3) is 0 Å². The van der Waals surface area contributed by atoms with Gasteiger partial charge in [0.1, 0.15) is 0 Å². The Hall–Kier alpha value is -0.640. The van der Waals surface area contributed by atoms with Gasteiger partial charge >= 0.3 is 0 Å². The minimum absolute atomic E-state index is 0.0556. The molecule has 0 aliphatic rings. The normalized spacial score (nSPS) is 12.1. The average molecular weight is 258 g/mol. The lowest BCUT2D eigenvalue weighted by Gasteiger charge is -2.12. The van der Waals surface area contributed by atoms with Crippen molar-refractivity contribution in [1.29, 1.82) is 0 Å². The molecule has 100 valence electrons. The zero-order chi connectivity index (χ0) is 13.1. The Labute approximate surface area is 111 Å². The lowest BCUT2D eigenvalue weighted by Crippen LogP contribution is -2.35. The summed E-state index contributed by atoms with van der Waals surface area (Å²) >= 11 is 4.80. The van der Waals surface area contributed by atoms with Crippen LogP contribution in [0.15, 0.2) is 0 Å². The molecular formula is C13H26N2OS. The summed E-state index contributed by atoms with van der Waals surface area (Å²) in [7, 11) is 0. The van der Waals surface area contributed by atoms with Crippen LogP contribution < -0.4 is 11.1 Å². The predicted octanol–water partition coefficient (Wildman–Crippen LogP) is 2.92. The van der Waals surface area contributed by atoms with Gasteiger partial charge in [0.05, 0.1) is 4.99 Å². The first-order valence-corrected chi connectivity index (χ1v) is 7.04. The second-order valence-electron chi connectivity index (χ2n) is 4.66. The first kappa shape index (κ1) is 16.4. The summed E-state index contributed by atoms with van der Waals surface area (Å²) < 4.78 is 0. The van der Waals surface area contributed by atoms with E-state index in [1.807, 2.05) is 6.92 Å². The zero-order valence-electron chi connectivity index (χ0n) is 11.1. The molecule has 4 heteroatoms. The SMILES string of the molecule is CCCCCCCCC(=O)NC(C)CC(N)=S. The Bertz CT molecular complexity index is 231. The van der Waals surface area contributed by atoms with Crippen molar-refractivity contribution in [3.63, 3.8) is 0 Å². The number of hydrogen-bond donors (Lipinski definition) is 2. The Morgan fingerprint density at radius 3 is 2.41 bits per heavy atom. The molecule has 0 saturated carbocycles. The molecule has 3 nitrogen and oxygen atoms in total. The van der Waals surface area contributed by atoms with Gasteiger partial charge in [-0.25, -0.2) is 0 Å². The molecule has 0 radical (unpaired) electrons. The molecule has 17 heavy (non-hydrogen) atoms. The highest BCUT2D eigenvalue weighted by Gasteiger charge is 2.07. The largest absolute Gasteiger partial charge is 0.393 e. The topological polar surface area (TPSA) is 55.1 Å². The number of nitrogens with two attached hydrogens (primary N) is 1. The number of rotatable bonds is 10. The molecule has 0 fully saturated rings. The second-order valence-corrected chi connectivity index (χ2v) is 5.18. The fourth-order valence-corrected chi connectivity index (χ4v) is 2.02. The first-order chi connectivity index (χ1) is 8.06. The fraction of sp³-hybridized carbons (Fsp3) is 0.846. The van der Waals surface area contributed by atoms with Gasteiger partial charge in [-0.1, -0.05) is 51.2 Å². The maximum atomic E-state index is 11.5. The van der Waals surface area contributed by atoms with Crippen molar-refractivity contribution in [2.45, 2.75) is 71.3 Å². The van der Waals surface area contributed by atoms with E-state index < -0.39 is 0 Å². The second kappa shape index (κ2) is 10.5. The smallest absolute Gasteiger partial charge is 0.220 e. The maximum absolute atomic E-state index is 11.5. The highest BCUT2D eigenvalue weighted by molar-refractivity contribution is 7.80. The van der Waals surface area contributed by atoms with Gasteiger partial charge in [0.2, 0.25) is 5.91 Å². The van der Waals surface area contributed by atoms with E-state index in [1.54, 1.807) is 0 Å². The average Bonchev–Trinajstić information content (AvgIpc) is 2.21. The third-order valence-electron chi connectivity index (χ3n) is 2.67. The van der Waals surface area contributed by atoms with Gasteiger partial charge in [-0.2, -0.15) is 0 Å². The minimum Gasteiger partial charge on any atom is -0.393 e. The summed E-state index contributed by atoms with van der Waals surface area (Å²) in [5.74, 6) is 0.115. The van der Waals surface area contributed by atoms with Crippen molar-refractivity contribution in [3.05, 3.63) is 0 Å². The van der Waals surface area contributed by atoms with Crippen LogP contribution in [0.2, 0.25) is 0 Å². The van der Waals surface area contributed by atoms with E-state index in [2.05, 4.69) is 12.2 Å². The minimum atomic E-state index is 0.0556. The number of amides is 1. The van der Waals surface area contributed by atoms with Crippen molar-refractivity contribution in [2.24, 2.45) is 5.73 Å². The third kappa shape index (κ3) is 11.6. The predicted molar refractivity (Wildman–Crippen MR) is 77.0 cm³/mol. The summed E-state index contributed by atoms with van der Waals surface area (Å²) in [6, 6.07) is 0.0556. The first-order valence-electron chi connectivity index (χ1n) is 6.64. The lowest BCUT2D eigenvalue weighted by atomic mass is 10.1. The van der Waals surface area contributed by atoms with Gasteiger partial charge in [-0.15, -0.1) is 0 Å². The molecule has 0 aliphatic heterocycles. The summed E-state index contributed by atoms with van der Waals surface area (Å²) in [5.41, 5.74) is 5.42. The van der Waals surface area contributed by atoms with Gasteiger partial charge < -0.3 is 11.1 Å². The Morgan fingerprint density at radius 2 is 1.82 bits per heavy atom. The molecule has 0 aliphatic carbocycles. The third-order valence-corrected chi connectivity index (χ3v) is 2.84. The molecule has 1 atom stereocenters. The van der Waals surface area contributed by atoms with Crippen LogP contribution in [0, 0.1) is 0 Å². The summed E-state index contributed by atoms with van der Waals surface area (Å²) in [6.07, 6.45) is 8.42. The molecule has 1 amide bonds. The number of carbonyl (C=O) groups excluding carboxylic acids is 1. The summed E-state index contributed by atoms with van der Waals surface area (Å²) in [4.78, 5) is 12.0. The molecule has 0 bridgehead atoms. The van der Waals surface area contributed by atoms with Crippen LogP contribution in [0.4, 0.5) is 0 Å². The Kier molecular flexibility index (Phi) is 10.1. The Balaban J connectivity index is 3.43. The van der Waals surface area contributed by atoms with Gasteiger partial charge in [0.25, 0.3) is 0 Å². The van der Waals surface area contributed by atoms with Gasteiger partial charge in [-0.3, -0.25) is 4.79 Å².